The van der Waals surface area contributed by atoms with E-state index in [4.69, 9.17) is 11.6 Å². The average Bonchev–Trinajstić information content (AvgIpc) is 2.81. The fraction of sp³-hybridized carbons (Fsp3) is 0.0909. The summed E-state index contributed by atoms with van der Waals surface area (Å²) in [5.41, 5.74) is 0.839. The van der Waals surface area contributed by atoms with Crippen LogP contribution in [0.3, 0.4) is 0 Å². The third-order valence-electron chi connectivity index (χ3n) is 2.31. The molecule has 2 aromatic heterocycles. The molecule has 0 saturated carbocycles. The fourth-order valence-electron chi connectivity index (χ4n) is 1.48. The molecule has 5 nitrogen and oxygen atoms in total. The maximum Gasteiger partial charge on any atom is 0.293 e. The van der Waals surface area contributed by atoms with Crippen LogP contribution in [0.25, 0.3) is 4.96 Å². The van der Waals surface area contributed by atoms with Crippen LogP contribution in [-0.2, 0) is 5.75 Å². The second-order valence-electron chi connectivity index (χ2n) is 3.66. The average molecular weight is 311 g/mol. The molecule has 0 radical (unpaired) electrons. The molecule has 0 amide bonds. The van der Waals surface area contributed by atoms with Crippen molar-refractivity contribution in [3.63, 3.8) is 0 Å². The number of nitrogens with zero attached hydrogens (tertiary/aromatic N) is 4. The molecule has 0 aliphatic rings. The highest BCUT2D eigenvalue weighted by molar-refractivity contribution is 8.00. The van der Waals surface area contributed by atoms with Crippen molar-refractivity contribution in [2.45, 2.75) is 10.1 Å². The molecule has 0 unspecified atom stereocenters. The lowest BCUT2D eigenvalue weighted by Gasteiger charge is -1.98. The van der Waals surface area contributed by atoms with E-state index >= 15 is 0 Å². The van der Waals surface area contributed by atoms with Crippen LogP contribution in [0.4, 0.5) is 0 Å². The van der Waals surface area contributed by atoms with Crippen LogP contribution < -0.4 is 5.56 Å². The van der Waals surface area contributed by atoms with Gasteiger partial charge >= 0.3 is 0 Å². The maximum absolute atomic E-state index is 11.5. The summed E-state index contributed by atoms with van der Waals surface area (Å²) >= 11 is 8.81. The second kappa shape index (κ2) is 5.28. The third kappa shape index (κ3) is 2.78. The smallest absolute Gasteiger partial charge is 0.265 e. The highest BCUT2D eigenvalue weighted by atomic mass is 35.5. The largest absolute Gasteiger partial charge is 0.293 e. The zero-order chi connectivity index (χ0) is 13.2. The van der Waals surface area contributed by atoms with Gasteiger partial charge in [0.25, 0.3) is 5.56 Å². The second-order valence-corrected chi connectivity index (χ2v) is 6.28. The van der Waals surface area contributed by atoms with Gasteiger partial charge < -0.3 is 0 Å². The van der Waals surface area contributed by atoms with Gasteiger partial charge in [-0.3, -0.25) is 4.79 Å². The maximum atomic E-state index is 11.5. The summed E-state index contributed by atoms with van der Waals surface area (Å²) in [6.07, 6.45) is 1.15. The minimum Gasteiger partial charge on any atom is -0.265 e. The molecule has 0 aliphatic heterocycles. The summed E-state index contributed by atoms with van der Waals surface area (Å²) in [5.74, 6) is 0.739. The molecule has 96 valence electrons. The summed E-state index contributed by atoms with van der Waals surface area (Å²) in [5, 5.41) is 12.4. The van der Waals surface area contributed by atoms with E-state index in [0.29, 0.717) is 9.98 Å². The molecule has 19 heavy (non-hydrogen) atoms. The van der Waals surface area contributed by atoms with Gasteiger partial charge in [-0.15, -0.1) is 10.2 Å². The van der Waals surface area contributed by atoms with Crippen LogP contribution in [0.1, 0.15) is 5.56 Å². The van der Waals surface area contributed by atoms with Crippen LogP contribution in [0, 0.1) is 0 Å². The predicted octanol–water partition coefficient (Wildman–Crippen LogP) is 2.49. The highest BCUT2D eigenvalue weighted by Gasteiger charge is 2.07. The normalized spacial score (nSPS) is 11.0. The molecule has 0 spiro atoms. The summed E-state index contributed by atoms with van der Waals surface area (Å²) < 4.78 is 2.04. The van der Waals surface area contributed by atoms with Gasteiger partial charge in [-0.2, -0.15) is 9.61 Å². The van der Waals surface area contributed by atoms with Crippen LogP contribution >= 0.6 is 34.7 Å². The molecule has 0 bridgehead atoms. The first-order valence-corrected chi connectivity index (χ1v) is 7.49. The number of fused-ring (bicyclic) bond motifs is 1. The number of rotatable bonds is 3. The fourth-order valence-corrected chi connectivity index (χ4v) is 3.53. The van der Waals surface area contributed by atoms with Crippen molar-refractivity contribution in [1.29, 1.82) is 0 Å². The van der Waals surface area contributed by atoms with Gasteiger partial charge in [0.1, 0.15) is 6.20 Å². The number of aromatic nitrogens is 4. The Morgan fingerprint density at radius 3 is 3.11 bits per heavy atom. The van der Waals surface area contributed by atoms with Crippen molar-refractivity contribution in [2.24, 2.45) is 0 Å². The Balaban J connectivity index is 1.82. The Morgan fingerprint density at radius 1 is 1.42 bits per heavy atom. The SMILES string of the molecule is O=c1cnnc2sc(SCc3cccc(Cl)c3)nn12. The third-order valence-corrected chi connectivity index (χ3v) is 4.65. The lowest BCUT2D eigenvalue weighted by Crippen LogP contribution is -2.14. The van der Waals surface area contributed by atoms with Crippen LogP contribution in [0.2, 0.25) is 5.02 Å². The van der Waals surface area contributed by atoms with Crippen LogP contribution in [-0.4, -0.2) is 19.8 Å². The van der Waals surface area contributed by atoms with Crippen molar-refractivity contribution >= 4 is 39.7 Å². The minimum atomic E-state index is -0.268. The number of hydrogen-bond acceptors (Lipinski definition) is 6. The standard InChI is InChI=1S/C11H7ClN4OS2/c12-8-3-1-2-7(4-8)6-18-11-15-16-9(17)5-13-14-10(16)19-11/h1-5H,6H2. The first kappa shape index (κ1) is 12.6. The van der Waals surface area contributed by atoms with Crippen molar-refractivity contribution in [2.75, 3.05) is 0 Å². The molecule has 0 atom stereocenters. The Hall–Kier alpha value is -1.44. The molecular weight excluding hydrogens is 304 g/mol. The molecule has 3 aromatic rings. The van der Waals surface area contributed by atoms with E-state index in [2.05, 4.69) is 15.3 Å². The molecule has 2 heterocycles. The van der Waals surface area contributed by atoms with E-state index in [1.165, 1.54) is 27.6 Å². The van der Waals surface area contributed by atoms with Gasteiger partial charge in [-0.05, 0) is 17.7 Å². The van der Waals surface area contributed by atoms with Gasteiger partial charge in [0.2, 0.25) is 4.96 Å². The zero-order valence-corrected chi connectivity index (χ0v) is 11.9. The minimum absolute atomic E-state index is 0.268. The van der Waals surface area contributed by atoms with Gasteiger partial charge in [0, 0.05) is 10.8 Å². The molecular formula is C11H7ClN4OS2. The Labute approximate surface area is 121 Å². The van der Waals surface area contributed by atoms with Crippen LogP contribution in [0.15, 0.2) is 39.6 Å². The molecule has 0 saturated heterocycles. The van der Waals surface area contributed by atoms with E-state index < -0.39 is 0 Å². The highest BCUT2D eigenvalue weighted by Crippen LogP contribution is 2.26. The Kier molecular flexibility index (Phi) is 3.50. The molecule has 0 N–H and O–H groups in total. The van der Waals surface area contributed by atoms with E-state index in [1.807, 2.05) is 24.3 Å². The number of thioether (sulfide) groups is 1. The molecule has 8 heteroatoms. The van der Waals surface area contributed by atoms with E-state index in [-0.39, 0.29) is 5.56 Å². The Morgan fingerprint density at radius 2 is 2.32 bits per heavy atom. The quantitative estimate of drug-likeness (QED) is 0.696. The Bertz CT molecular complexity index is 785. The first-order valence-electron chi connectivity index (χ1n) is 5.31. The lowest BCUT2D eigenvalue weighted by atomic mass is 10.2. The zero-order valence-electron chi connectivity index (χ0n) is 9.49. The van der Waals surface area contributed by atoms with Crippen molar-refractivity contribution in [3.8, 4) is 0 Å². The lowest BCUT2D eigenvalue weighted by molar-refractivity contribution is 0.823. The van der Waals surface area contributed by atoms with Gasteiger partial charge in [0.05, 0.1) is 0 Å². The van der Waals surface area contributed by atoms with E-state index in [1.54, 1.807) is 0 Å². The van der Waals surface area contributed by atoms with Gasteiger partial charge in [0.15, 0.2) is 4.34 Å². The summed E-state index contributed by atoms with van der Waals surface area (Å²) in [6.45, 7) is 0. The van der Waals surface area contributed by atoms with Gasteiger partial charge in [-0.1, -0.05) is 46.8 Å². The van der Waals surface area contributed by atoms with Crippen molar-refractivity contribution in [1.82, 2.24) is 19.8 Å². The van der Waals surface area contributed by atoms with E-state index in [0.717, 1.165) is 21.9 Å². The summed E-state index contributed by atoms with van der Waals surface area (Å²) in [6, 6.07) is 7.65. The number of hydrogen-bond donors (Lipinski definition) is 0. The van der Waals surface area contributed by atoms with E-state index in [9.17, 15) is 4.79 Å². The molecule has 3 rings (SSSR count). The van der Waals surface area contributed by atoms with Crippen molar-refractivity contribution in [3.05, 3.63) is 51.4 Å². The molecule has 1 aromatic carbocycles. The number of benzene rings is 1. The number of halogens is 1. The molecule has 0 fully saturated rings. The first-order chi connectivity index (χ1) is 9.22. The van der Waals surface area contributed by atoms with Crippen molar-refractivity contribution < 1.29 is 0 Å². The summed E-state index contributed by atoms with van der Waals surface area (Å²) in [4.78, 5) is 12.0. The monoisotopic (exact) mass is 310 g/mol. The predicted molar refractivity (Wildman–Crippen MR) is 75.9 cm³/mol. The topological polar surface area (TPSA) is 60.2 Å². The summed E-state index contributed by atoms with van der Waals surface area (Å²) in [7, 11) is 0. The van der Waals surface area contributed by atoms with Crippen LogP contribution in [0.5, 0.6) is 0 Å². The molecule has 0 aliphatic carbocycles. The van der Waals surface area contributed by atoms with Gasteiger partial charge in [-0.25, -0.2) is 0 Å².